The summed E-state index contributed by atoms with van der Waals surface area (Å²) in [5.41, 5.74) is 2.08. The Morgan fingerprint density at radius 3 is 2.80 bits per heavy atom. The number of hydrogen-bond donors (Lipinski definition) is 3. The van der Waals surface area contributed by atoms with Crippen molar-refractivity contribution in [3.05, 3.63) is 47.5 Å². The molecule has 1 heterocycles. The van der Waals surface area contributed by atoms with Crippen LogP contribution in [-0.2, 0) is 6.54 Å². The zero-order chi connectivity index (χ0) is 14.4. The van der Waals surface area contributed by atoms with Crippen LogP contribution in [0.3, 0.4) is 0 Å². The van der Waals surface area contributed by atoms with Gasteiger partial charge in [0.2, 0.25) is 0 Å². The van der Waals surface area contributed by atoms with Crippen LogP contribution >= 0.6 is 0 Å². The molecule has 0 aliphatic rings. The van der Waals surface area contributed by atoms with Gasteiger partial charge in [0.05, 0.1) is 6.20 Å². The van der Waals surface area contributed by atoms with E-state index in [1.807, 2.05) is 6.92 Å². The normalized spacial score (nSPS) is 12.3. The summed E-state index contributed by atoms with van der Waals surface area (Å²) in [4.78, 5) is 0. The number of hydrogen-bond acceptors (Lipinski definition) is 4. The predicted molar refractivity (Wildman–Crippen MR) is 72.9 cm³/mol. The summed E-state index contributed by atoms with van der Waals surface area (Å²) in [5.74, 6) is 0.228. The van der Waals surface area contributed by atoms with Crippen LogP contribution in [0, 0.1) is 12.7 Å². The van der Waals surface area contributed by atoms with Crippen molar-refractivity contribution in [3.8, 4) is 5.75 Å². The van der Waals surface area contributed by atoms with E-state index in [0.29, 0.717) is 18.8 Å². The third-order valence-electron chi connectivity index (χ3n) is 2.89. The van der Waals surface area contributed by atoms with Crippen LogP contribution in [0.1, 0.15) is 11.3 Å². The van der Waals surface area contributed by atoms with E-state index in [4.69, 9.17) is 4.74 Å². The first kappa shape index (κ1) is 14.5. The number of aliphatic hydroxyl groups excluding tert-OH is 1. The topological polar surface area (TPSA) is 70.2 Å². The van der Waals surface area contributed by atoms with Gasteiger partial charge in [-0.2, -0.15) is 5.10 Å². The average Bonchev–Trinajstić information content (AvgIpc) is 2.84. The number of benzene rings is 1. The summed E-state index contributed by atoms with van der Waals surface area (Å²) in [6.45, 7) is 3.14. The van der Waals surface area contributed by atoms with Gasteiger partial charge in [-0.3, -0.25) is 5.10 Å². The van der Waals surface area contributed by atoms with E-state index < -0.39 is 6.10 Å². The first-order chi connectivity index (χ1) is 9.65. The number of nitrogens with one attached hydrogen (secondary N) is 2. The molecule has 0 radical (unpaired) electrons. The van der Waals surface area contributed by atoms with Crippen molar-refractivity contribution in [2.45, 2.75) is 19.6 Å². The van der Waals surface area contributed by atoms with Gasteiger partial charge in [0.25, 0.3) is 0 Å². The number of ether oxygens (including phenoxy) is 1. The van der Waals surface area contributed by atoms with Gasteiger partial charge in [0.15, 0.2) is 0 Å². The zero-order valence-electron chi connectivity index (χ0n) is 11.3. The van der Waals surface area contributed by atoms with Crippen molar-refractivity contribution in [3.63, 3.8) is 0 Å². The minimum Gasteiger partial charge on any atom is -0.491 e. The molecule has 2 aromatic rings. The molecule has 3 N–H and O–H groups in total. The van der Waals surface area contributed by atoms with E-state index in [-0.39, 0.29) is 12.4 Å². The number of aryl methyl sites for hydroxylation is 1. The number of halogens is 1. The molecule has 1 aromatic heterocycles. The fourth-order valence-electron chi connectivity index (χ4n) is 1.71. The van der Waals surface area contributed by atoms with Gasteiger partial charge in [0.1, 0.15) is 24.3 Å². The van der Waals surface area contributed by atoms with Crippen molar-refractivity contribution in [2.24, 2.45) is 0 Å². The standard InChI is InChI=1S/C14H18FN3O2/c1-10-11(7-17-18-10)6-16-8-13(19)9-20-14-4-2-12(15)3-5-14/h2-5,7,13,16,19H,6,8-9H2,1H3,(H,17,18). The lowest BCUT2D eigenvalue weighted by molar-refractivity contribution is 0.106. The molecule has 108 valence electrons. The van der Waals surface area contributed by atoms with Gasteiger partial charge in [0, 0.05) is 24.3 Å². The monoisotopic (exact) mass is 279 g/mol. The highest BCUT2D eigenvalue weighted by atomic mass is 19.1. The first-order valence-corrected chi connectivity index (χ1v) is 6.41. The summed E-state index contributed by atoms with van der Waals surface area (Å²) in [6, 6.07) is 5.71. The van der Waals surface area contributed by atoms with E-state index in [1.165, 1.54) is 24.3 Å². The van der Waals surface area contributed by atoms with E-state index in [2.05, 4.69) is 15.5 Å². The van der Waals surface area contributed by atoms with Gasteiger partial charge in [-0.25, -0.2) is 4.39 Å². The second kappa shape index (κ2) is 7.02. The molecule has 0 aliphatic heterocycles. The molecule has 0 amide bonds. The molecule has 0 fully saturated rings. The predicted octanol–water partition coefficient (Wildman–Crippen LogP) is 1.39. The summed E-state index contributed by atoms with van der Waals surface area (Å²) >= 11 is 0. The third-order valence-corrected chi connectivity index (χ3v) is 2.89. The summed E-state index contributed by atoms with van der Waals surface area (Å²) in [5, 5.41) is 19.7. The Kier molecular flexibility index (Phi) is 5.09. The lowest BCUT2D eigenvalue weighted by Gasteiger charge is -2.13. The number of aromatic nitrogens is 2. The molecule has 1 aromatic carbocycles. The minimum absolute atomic E-state index is 0.156. The van der Waals surface area contributed by atoms with Gasteiger partial charge in [-0.15, -0.1) is 0 Å². The lowest BCUT2D eigenvalue weighted by Crippen LogP contribution is -2.31. The van der Waals surface area contributed by atoms with Crippen molar-refractivity contribution in [1.82, 2.24) is 15.5 Å². The van der Waals surface area contributed by atoms with Gasteiger partial charge >= 0.3 is 0 Å². The summed E-state index contributed by atoms with van der Waals surface area (Å²) in [7, 11) is 0. The second-order valence-electron chi connectivity index (χ2n) is 4.57. The van der Waals surface area contributed by atoms with Crippen molar-refractivity contribution < 1.29 is 14.2 Å². The first-order valence-electron chi connectivity index (χ1n) is 6.41. The van der Waals surface area contributed by atoms with Crippen LogP contribution in [0.2, 0.25) is 0 Å². The van der Waals surface area contributed by atoms with Gasteiger partial charge in [-0.1, -0.05) is 0 Å². The minimum atomic E-state index is -0.632. The maximum absolute atomic E-state index is 12.7. The van der Waals surface area contributed by atoms with Gasteiger partial charge in [-0.05, 0) is 31.2 Å². The van der Waals surface area contributed by atoms with Crippen molar-refractivity contribution >= 4 is 0 Å². The Hall–Kier alpha value is -1.92. The molecule has 0 saturated carbocycles. The second-order valence-corrected chi connectivity index (χ2v) is 4.57. The quantitative estimate of drug-likeness (QED) is 0.716. The molecule has 2 rings (SSSR count). The Labute approximate surface area is 116 Å². The molecule has 0 spiro atoms. The van der Waals surface area contributed by atoms with E-state index in [0.717, 1.165) is 11.3 Å². The van der Waals surface area contributed by atoms with Crippen LogP contribution in [0.4, 0.5) is 4.39 Å². The van der Waals surface area contributed by atoms with Crippen molar-refractivity contribution in [2.75, 3.05) is 13.2 Å². The van der Waals surface area contributed by atoms with E-state index in [1.54, 1.807) is 6.20 Å². The Morgan fingerprint density at radius 2 is 2.15 bits per heavy atom. The largest absolute Gasteiger partial charge is 0.491 e. The fourth-order valence-corrected chi connectivity index (χ4v) is 1.71. The molecular weight excluding hydrogens is 261 g/mol. The Bertz CT molecular complexity index is 527. The molecule has 1 atom stereocenters. The Morgan fingerprint density at radius 1 is 1.40 bits per heavy atom. The highest BCUT2D eigenvalue weighted by molar-refractivity contribution is 5.22. The van der Waals surface area contributed by atoms with Crippen LogP contribution in [0.15, 0.2) is 30.5 Å². The van der Waals surface area contributed by atoms with Crippen LogP contribution in [0.5, 0.6) is 5.75 Å². The number of aliphatic hydroxyl groups is 1. The third kappa shape index (κ3) is 4.32. The molecule has 5 nitrogen and oxygen atoms in total. The number of nitrogens with zero attached hydrogens (tertiary/aromatic N) is 1. The number of rotatable bonds is 7. The molecule has 6 heteroatoms. The molecule has 0 saturated heterocycles. The molecule has 0 bridgehead atoms. The highest BCUT2D eigenvalue weighted by Crippen LogP contribution is 2.11. The zero-order valence-corrected chi connectivity index (χ0v) is 11.3. The molecule has 1 unspecified atom stereocenters. The average molecular weight is 279 g/mol. The van der Waals surface area contributed by atoms with E-state index in [9.17, 15) is 9.50 Å². The summed E-state index contributed by atoms with van der Waals surface area (Å²) in [6.07, 6.45) is 1.12. The molecular formula is C14H18FN3O2. The Balaban J connectivity index is 1.66. The highest BCUT2D eigenvalue weighted by Gasteiger charge is 2.06. The fraction of sp³-hybridized carbons (Fsp3) is 0.357. The number of H-pyrrole nitrogens is 1. The lowest BCUT2D eigenvalue weighted by atomic mass is 10.2. The van der Waals surface area contributed by atoms with E-state index >= 15 is 0 Å². The SMILES string of the molecule is Cc1[nH]ncc1CNCC(O)COc1ccc(F)cc1. The van der Waals surface area contributed by atoms with Crippen LogP contribution < -0.4 is 10.1 Å². The van der Waals surface area contributed by atoms with Gasteiger partial charge < -0.3 is 15.2 Å². The summed E-state index contributed by atoms with van der Waals surface area (Å²) < 4.78 is 18.1. The number of aromatic amines is 1. The van der Waals surface area contributed by atoms with Crippen molar-refractivity contribution in [1.29, 1.82) is 0 Å². The maximum atomic E-state index is 12.7. The smallest absolute Gasteiger partial charge is 0.123 e. The maximum Gasteiger partial charge on any atom is 0.123 e. The van der Waals surface area contributed by atoms with Crippen LogP contribution in [0.25, 0.3) is 0 Å². The molecule has 0 aliphatic carbocycles. The van der Waals surface area contributed by atoms with Crippen LogP contribution in [-0.4, -0.2) is 34.6 Å². The molecule has 20 heavy (non-hydrogen) atoms.